The number of hydrogen-bond donors (Lipinski definition) is 2. The van der Waals surface area contributed by atoms with E-state index in [4.69, 9.17) is 15.7 Å². The molecule has 27 heavy (non-hydrogen) atoms. The van der Waals surface area contributed by atoms with Crippen LogP contribution in [0.25, 0.3) is 0 Å². The number of carbonyl (C=O) groups is 2. The number of nitriles is 1. The van der Waals surface area contributed by atoms with Gasteiger partial charge < -0.3 is 15.8 Å². The Morgan fingerprint density at radius 3 is 2.48 bits per heavy atom. The van der Waals surface area contributed by atoms with Crippen LogP contribution in [0.15, 0.2) is 42.5 Å². The molecule has 138 valence electrons. The van der Waals surface area contributed by atoms with Gasteiger partial charge in [0.25, 0.3) is 11.6 Å². The maximum Gasteiger partial charge on any atom is 0.269 e. The normalized spacial score (nSPS) is 11.1. The van der Waals surface area contributed by atoms with Crippen molar-refractivity contribution in [2.75, 3.05) is 7.11 Å². The van der Waals surface area contributed by atoms with Crippen molar-refractivity contribution in [1.29, 1.82) is 5.26 Å². The summed E-state index contributed by atoms with van der Waals surface area (Å²) in [4.78, 5) is 34.5. The first-order valence-electron chi connectivity index (χ1n) is 7.77. The van der Waals surface area contributed by atoms with Crippen LogP contribution < -0.4 is 15.8 Å². The van der Waals surface area contributed by atoms with Gasteiger partial charge in [0.05, 0.1) is 23.7 Å². The second-order valence-electron chi connectivity index (χ2n) is 5.57. The van der Waals surface area contributed by atoms with Crippen LogP contribution in [0, 0.1) is 21.4 Å². The van der Waals surface area contributed by atoms with Gasteiger partial charge >= 0.3 is 0 Å². The molecule has 0 radical (unpaired) electrons. The number of primary amides is 1. The second-order valence-corrected chi connectivity index (χ2v) is 5.57. The number of nitrogens with two attached hydrogens (primary N) is 1. The molecule has 9 nitrogen and oxygen atoms in total. The number of ether oxygens (including phenoxy) is 1. The number of methoxy groups -OCH3 is 1. The van der Waals surface area contributed by atoms with E-state index in [9.17, 15) is 19.7 Å². The van der Waals surface area contributed by atoms with E-state index < -0.39 is 22.8 Å². The van der Waals surface area contributed by atoms with Crippen molar-refractivity contribution in [1.82, 2.24) is 5.32 Å². The van der Waals surface area contributed by atoms with Crippen LogP contribution in [0.2, 0.25) is 0 Å². The zero-order valence-electron chi connectivity index (χ0n) is 14.3. The minimum atomic E-state index is -1.11. The number of nitrogens with zero attached hydrogens (tertiary/aromatic N) is 2. The van der Waals surface area contributed by atoms with Crippen LogP contribution in [0.1, 0.15) is 21.5 Å². The molecule has 2 amide bonds. The molecule has 0 aliphatic heterocycles. The number of amides is 2. The molecule has 2 aromatic rings. The Morgan fingerprint density at radius 1 is 1.30 bits per heavy atom. The number of nitrogens with one attached hydrogen (secondary N) is 1. The van der Waals surface area contributed by atoms with Crippen LogP contribution in [0.5, 0.6) is 5.75 Å². The number of rotatable bonds is 7. The summed E-state index contributed by atoms with van der Waals surface area (Å²) >= 11 is 0. The number of nitro benzene ring substituents is 1. The van der Waals surface area contributed by atoms with Crippen molar-refractivity contribution in [2.24, 2.45) is 5.73 Å². The fourth-order valence-corrected chi connectivity index (χ4v) is 2.42. The zero-order chi connectivity index (χ0) is 20.0. The molecule has 0 fully saturated rings. The summed E-state index contributed by atoms with van der Waals surface area (Å²) in [6.45, 7) is 0. The molecule has 0 saturated heterocycles. The van der Waals surface area contributed by atoms with E-state index in [1.54, 1.807) is 0 Å². The molecule has 0 unspecified atom stereocenters. The lowest BCUT2D eigenvalue weighted by Crippen LogP contribution is -2.45. The van der Waals surface area contributed by atoms with Crippen molar-refractivity contribution in [3.8, 4) is 11.8 Å². The Balaban J connectivity index is 2.24. The highest BCUT2D eigenvalue weighted by molar-refractivity contribution is 5.97. The van der Waals surface area contributed by atoms with Crippen molar-refractivity contribution < 1.29 is 19.2 Å². The summed E-state index contributed by atoms with van der Waals surface area (Å²) in [5.74, 6) is -1.03. The Kier molecular flexibility index (Phi) is 6.06. The Hall–Kier alpha value is -3.93. The highest BCUT2D eigenvalue weighted by atomic mass is 16.6. The molecule has 0 heterocycles. The van der Waals surface area contributed by atoms with Gasteiger partial charge in [-0.1, -0.05) is 0 Å². The van der Waals surface area contributed by atoms with Crippen molar-refractivity contribution in [2.45, 2.75) is 12.5 Å². The predicted octanol–water partition coefficient (Wildman–Crippen LogP) is 1.30. The minimum absolute atomic E-state index is 0.0811. The summed E-state index contributed by atoms with van der Waals surface area (Å²) in [5.41, 5.74) is 6.19. The van der Waals surface area contributed by atoms with Crippen LogP contribution in [0.3, 0.4) is 0 Å². The molecule has 2 rings (SSSR count). The summed E-state index contributed by atoms with van der Waals surface area (Å²) in [5, 5.41) is 22.3. The van der Waals surface area contributed by atoms with E-state index in [0.29, 0.717) is 16.9 Å². The fourth-order valence-electron chi connectivity index (χ4n) is 2.42. The number of benzene rings is 2. The van der Waals surface area contributed by atoms with Gasteiger partial charge in [-0.05, 0) is 30.3 Å². The molecule has 0 spiro atoms. The average molecular weight is 368 g/mol. The van der Waals surface area contributed by atoms with E-state index in [2.05, 4.69) is 5.32 Å². The number of non-ortho nitro benzene ring substituents is 1. The lowest BCUT2D eigenvalue weighted by Gasteiger charge is -2.17. The van der Waals surface area contributed by atoms with E-state index >= 15 is 0 Å². The van der Waals surface area contributed by atoms with E-state index in [0.717, 1.165) is 0 Å². The van der Waals surface area contributed by atoms with Gasteiger partial charge in [-0.15, -0.1) is 0 Å². The minimum Gasteiger partial charge on any atom is -0.496 e. The molecular weight excluding hydrogens is 352 g/mol. The third-order valence-electron chi connectivity index (χ3n) is 3.82. The predicted molar refractivity (Wildman–Crippen MR) is 95.0 cm³/mol. The smallest absolute Gasteiger partial charge is 0.269 e. The van der Waals surface area contributed by atoms with Gasteiger partial charge in [0.2, 0.25) is 5.91 Å². The largest absolute Gasteiger partial charge is 0.496 e. The molecule has 1 atom stereocenters. The molecule has 9 heteroatoms. The molecule has 0 aliphatic rings. The highest BCUT2D eigenvalue weighted by Crippen LogP contribution is 2.25. The number of carbonyl (C=O) groups excluding carboxylic acids is 2. The standard InChI is InChI=1S/C18H16N4O5/c1-27-16-7-6-14(22(25)26)8-13(16)9-15(17(20)23)21-18(24)12-4-2-11(10-19)3-5-12/h2-8,15H,9H2,1H3,(H2,20,23)(H,21,24)/t15-/m0/s1. The molecule has 0 aromatic heterocycles. The first-order chi connectivity index (χ1) is 12.8. The molecular formula is C18H16N4O5. The molecule has 0 aliphatic carbocycles. The Labute approximate surface area is 154 Å². The second kappa shape index (κ2) is 8.44. The van der Waals surface area contributed by atoms with Gasteiger partial charge in [0.1, 0.15) is 11.8 Å². The maximum atomic E-state index is 12.3. The van der Waals surface area contributed by atoms with E-state index in [-0.39, 0.29) is 17.7 Å². The van der Waals surface area contributed by atoms with Crippen LogP contribution in [0.4, 0.5) is 5.69 Å². The van der Waals surface area contributed by atoms with Crippen LogP contribution in [-0.2, 0) is 11.2 Å². The maximum absolute atomic E-state index is 12.3. The van der Waals surface area contributed by atoms with Crippen molar-refractivity contribution in [3.63, 3.8) is 0 Å². The summed E-state index contributed by atoms with van der Waals surface area (Å²) in [6.07, 6.45) is -0.0811. The Bertz CT molecular complexity index is 918. The van der Waals surface area contributed by atoms with E-state index in [1.165, 1.54) is 49.6 Å². The van der Waals surface area contributed by atoms with Crippen molar-refractivity contribution >= 4 is 17.5 Å². The van der Waals surface area contributed by atoms with Crippen LogP contribution in [-0.4, -0.2) is 29.9 Å². The van der Waals surface area contributed by atoms with Gasteiger partial charge in [-0.3, -0.25) is 19.7 Å². The first kappa shape index (κ1) is 19.4. The number of nitro groups is 1. The fraction of sp³-hybridized carbons (Fsp3) is 0.167. The SMILES string of the molecule is COc1ccc([N+](=O)[O-])cc1C[C@H](NC(=O)c1ccc(C#N)cc1)C(N)=O. The topological polar surface area (TPSA) is 148 Å². The molecule has 0 saturated carbocycles. The zero-order valence-corrected chi connectivity index (χ0v) is 14.3. The summed E-state index contributed by atoms with van der Waals surface area (Å²) in [6, 6.07) is 10.6. The quantitative estimate of drug-likeness (QED) is 0.556. The summed E-state index contributed by atoms with van der Waals surface area (Å²) < 4.78 is 5.16. The third kappa shape index (κ3) is 4.79. The average Bonchev–Trinajstić information content (AvgIpc) is 2.67. The monoisotopic (exact) mass is 368 g/mol. The number of hydrogen-bond acceptors (Lipinski definition) is 6. The first-order valence-corrected chi connectivity index (χ1v) is 7.77. The Morgan fingerprint density at radius 2 is 1.96 bits per heavy atom. The summed E-state index contributed by atoms with van der Waals surface area (Å²) in [7, 11) is 1.39. The van der Waals surface area contributed by atoms with Gasteiger partial charge in [-0.25, -0.2) is 0 Å². The van der Waals surface area contributed by atoms with Gasteiger partial charge in [-0.2, -0.15) is 5.26 Å². The lowest BCUT2D eigenvalue weighted by atomic mass is 10.0. The van der Waals surface area contributed by atoms with Crippen molar-refractivity contribution in [3.05, 3.63) is 69.3 Å². The van der Waals surface area contributed by atoms with E-state index in [1.807, 2.05) is 6.07 Å². The van der Waals surface area contributed by atoms with Gasteiger partial charge in [0.15, 0.2) is 0 Å². The third-order valence-corrected chi connectivity index (χ3v) is 3.82. The van der Waals surface area contributed by atoms with Gasteiger partial charge in [0, 0.05) is 29.7 Å². The van der Waals surface area contributed by atoms with Crippen LogP contribution >= 0.6 is 0 Å². The molecule has 3 N–H and O–H groups in total. The molecule has 2 aromatic carbocycles. The highest BCUT2D eigenvalue weighted by Gasteiger charge is 2.22. The lowest BCUT2D eigenvalue weighted by molar-refractivity contribution is -0.384. The molecule has 0 bridgehead atoms.